The van der Waals surface area contributed by atoms with Crippen molar-refractivity contribution in [2.45, 2.75) is 57.2 Å². The fraction of sp³-hybridized carbons (Fsp3) is 0.647. The molecule has 2 heterocycles. The highest BCUT2D eigenvalue weighted by atomic mass is 16.5. The lowest BCUT2D eigenvalue weighted by Crippen LogP contribution is -2.52. The number of aliphatic hydroxyl groups is 1. The summed E-state index contributed by atoms with van der Waals surface area (Å²) in [5, 5.41) is 10.7. The Hall–Kier alpha value is -1.06. The molecule has 3 unspecified atom stereocenters. The summed E-state index contributed by atoms with van der Waals surface area (Å²) in [7, 11) is 0. The highest BCUT2D eigenvalue weighted by Gasteiger charge is 2.37. The number of ether oxygens (including phenoxy) is 1. The molecule has 1 fully saturated rings. The molecule has 0 amide bonds. The SMILES string of the molecule is CCCC1CCCCN1C1COc2ccccc2C1O. The van der Waals surface area contributed by atoms with Gasteiger partial charge in [-0.25, -0.2) is 0 Å². The minimum Gasteiger partial charge on any atom is -0.491 e. The molecule has 2 aliphatic heterocycles. The first kappa shape index (κ1) is 13.9. The number of aliphatic hydroxyl groups excluding tert-OH is 1. The monoisotopic (exact) mass is 275 g/mol. The van der Waals surface area contributed by atoms with Gasteiger partial charge in [0.15, 0.2) is 0 Å². The molecule has 1 aromatic carbocycles. The van der Waals surface area contributed by atoms with E-state index in [9.17, 15) is 5.11 Å². The van der Waals surface area contributed by atoms with Crippen LogP contribution in [-0.2, 0) is 0 Å². The zero-order chi connectivity index (χ0) is 13.9. The molecular weight excluding hydrogens is 250 g/mol. The van der Waals surface area contributed by atoms with Crippen LogP contribution in [0.4, 0.5) is 0 Å². The minimum atomic E-state index is -0.419. The van der Waals surface area contributed by atoms with Gasteiger partial charge in [-0.2, -0.15) is 0 Å². The van der Waals surface area contributed by atoms with Gasteiger partial charge >= 0.3 is 0 Å². The van der Waals surface area contributed by atoms with Crippen molar-refractivity contribution in [2.24, 2.45) is 0 Å². The van der Waals surface area contributed by atoms with Crippen molar-refractivity contribution in [1.29, 1.82) is 0 Å². The van der Waals surface area contributed by atoms with E-state index >= 15 is 0 Å². The van der Waals surface area contributed by atoms with E-state index in [2.05, 4.69) is 11.8 Å². The van der Waals surface area contributed by atoms with Gasteiger partial charge in [-0.15, -0.1) is 0 Å². The Labute approximate surface area is 121 Å². The van der Waals surface area contributed by atoms with Crippen LogP contribution in [0.1, 0.15) is 50.7 Å². The van der Waals surface area contributed by atoms with E-state index in [4.69, 9.17) is 4.74 Å². The van der Waals surface area contributed by atoms with E-state index in [1.165, 1.54) is 32.1 Å². The van der Waals surface area contributed by atoms with Crippen LogP contribution in [-0.4, -0.2) is 35.2 Å². The van der Waals surface area contributed by atoms with Crippen molar-refractivity contribution >= 4 is 0 Å². The highest BCUT2D eigenvalue weighted by molar-refractivity contribution is 5.37. The number of hydrogen-bond acceptors (Lipinski definition) is 3. The summed E-state index contributed by atoms with van der Waals surface area (Å²) in [6.45, 7) is 3.95. The molecular formula is C17H25NO2. The second-order valence-electron chi connectivity index (χ2n) is 6.04. The van der Waals surface area contributed by atoms with Crippen LogP contribution in [0.25, 0.3) is 0 Å². The summed E-state index contributed by atoms with van der Waals surface area (Å²) >= 11 is 0. The van der Waals surface area contributed by atoms with Gasteiger partial charge in [-0.1, -0.05) is 38.0 Å². The lowest BCUT2D eigenvalue weighted by molar-refractivity contribution is -0.0304. The first-order valence-electron chi connectivity index (χ1n) is 7.96. The van der Waals surface area contributed by atoms with Crippen molar-refractivity contribution in [3.8, 4) is 5.75 Å². The molecule has 0 bridgehead atoms. The molecule has 1 saturated heterocycles. The number of likely N-dealkylation sites (tertiary alicyclic amines) is 1. The summed E-state index contributed by atoms with van der Waals surface area (Å²) in [6, 6.07) is 8.61. The van der Waals surface area contributed by atoms with E-state index in [1.54, 1.807) is 0 Å². The van der Waals surface area contributed by atoms with Crippen molar-refractivity contribution < 1.29 is 9.84 Å². The van der Waals surface area contributed by atoms with Crippen LogP contribution in [0.3, 0.4) is 0 Å². The van der Waals surface area contributed by atoms with Crippen LogP contribution in [0.5, 0.6) is 5.75 Å². The number of fused-ring (bicyclic) bond motifs is 1. The lowest BCUT2D eigenvalue weighted by Gasteiger charge is -2.44. The minimum absolute atomic E-state index is 0.113. The molecule has 0 saturated carbocycles. The third-order valence-electron chi connectivity index (χ3n) is 4.73. The topological polar surface area (TPSA) is 32.7 Å². The van der Waals surface area contributed by atoms with Crippen LogP contribution >= 0.6 is 0 Å². The van der Waals surface area contributed by atoms with Gasteiger partial charge in [0.2, 0.25) is 0 Å². The first-order chi connectivity index (χ1) is 9.81. The molecule has 3 atom stereocenters. The normalized spacial score (nSPS) is 30.6. The summed E-state index contributed by atoms with van der Waals surface area (Å²) in [5.41, 5.74) is 0.949. The third kappa shape index (κ3) is 2.57. The molecule has 3 rings (SSSR count). The summed E-state index contributed by atoms with van der Waals surface area (Å²) in [4.78, 5) is 2.51. The Morgan fingerprint density at radius 2 is 2.15 bits per heavy atom. The predicted octanol–water partition coefficient (Wildman–Crippen LogP) is 3.14. The number of para-hydroxylation sites is 1. The summed E-state index contributed by atoms with van der Waals surface area (Å²) < 4.78 is 5.88. The first-order valence-corrected chi connectivity index (χ1v) is 7.96. The van der Waals surface area contributed by atoms with Crippen molar-refractivity contribution in [1.82, 2.24) is 4.90 Å². The number of nitrogens with zero attached hydrogens (tertiary/aromatic N) is 1. The van der Waals surface area contributed by atoms with Gasteiger partial charge in [0.1, 0.15) is 18.5 Å². The predicted molar refractivity (Wildman–Crippen MR) is 79.9 cm³/mol. The molecule has 3 nitrogen and oxygen atoms in total. The third-order valence-corrected chi connectivity index (χ3v) is 4.73. The standard InChI is InChI=1S/C17H25NO2/c1-2-7-13-8-5-6-11-18(13)15-12-20-16-10-4-3-9-14(16)17(15)19/h3-4,9-10,13,15,17,19H,2,5-8,11-12H2,1H3. The van der Waals surface area contributed by atoms with Gasteiger partial charge in [0.05, 0.1) is 6.04 Å². The average molecular weight is 275 g/mol. The number of benzene rings is 1. The molecule has 0 aromatic heterocycles. The Morgan fingerprint density at radius 1 is 1.30 bits per heavy atom. The Bertz CT molecular complexity index is 446. The molecule has 3 heteroatoms. The maximum Gasteiger partial charge on any atom is 0.125 e. The molecule has 0 spiro atoms. The Kier molecular flexibility index (Phi) is 4.27. The number of hydrogen-bond donors (Lipinski definition) is 1. The molecule has 0 aliphatic carbocycles. The number of rotatable bonds is 3. The smallest absolute Gasteiger partial charge is 0.125 e. The Balaban J connectivity index is 1.80. The Morgan fingerprint density at radius 3 is 3.00 bits per heavy atom. The number of piperidine rings is 1. The molecule has 110 valence electrons. The fourth-order valence-corrected chi connectivity index (χ4v) is 3.71. The summed E-state index contributed by atoms with van der Waals surface area (Å²) in [5.74, 6) is 0.848. The largest absolute Gasteiger partial charge is 0.491 e. The molecule has 1 aromatic rings. The van der Waals surface area contributed by atoms with Crippen molar-refractivity contribution in [2.75, 3.05) is 13.2 Å². The second-order valence-corrected chi connectivity index (χ2v) is 6.04. The quantitative estimate of drug-likeness (QED) is 0.920. The van der Waals surface area contributed by atoms with Gasteiger partial charge < -0.3 is 9.84 Å². The van der Waals surface area contributed by atoms with E-state index in [0.29, 0.717) is 12.6 Å². The lowest BCUT2D eigenvalue weighted by atomic mass is 9.91. The van der Waals surface area contributed by atoms with Crippen molar-refractivity contribution in [3.05, 3.63) is 29.8 Å². The second kappa shape index (κ2) is 6.15. The zero-order valence-electron chi connectivity index (χ0n) is 12.3. The van der Waals surface area contributed by atoms with E-state index < -0.39 is 6.10 Å². The van der Waals surface area contributed by atoms with Crippen LogP contribution in [0, 0.1) is 0 Å². The van der Waals surface area contributed by atoms with Gasteiger partial charge in [0, 0.05) is 11.6 Å². The fourth-order valence-electron chi connectivity index (χ4n) is 3.71. The van der Waals surface area contributed by atoms with Crippen molar-refractivity contribution in [3.63, 3.8) is 0 Å². The van der Waals surface area contributed by atoms with Gasteiger partial charge in [-0.3, -0.25) is 4.90 Å². The van der Waals surface area contributed by atoms with Gasteiger partial charge in [0.25, 0.3) is 0 Å². The van der Waals surface area contributed by atoms with Crippen LogP contribution in [0.15, 0.2) is 24.3 Å². The highest BCUT2D eigenvalue weighted by Crippen LogP contribution is 2.36. The van der Waals surface area contributed by atoms with Crippen LogP contribution in [0.2, 0.25) is 0 Å². The average Bonchev–Trinajstić information content (AvgIpc) is 2.49. The zero-order valence-corrected chi connectivity index (χ0v) is 12.3. The van der Waals surface area contributed by atoms with E-state index in [0.717, 1.165) is 17.9 Å². The van der Waals surface area contributed by atoms with Gasteiger partial charge in [-0.05, 0) is 31.9 Å². The maximum atomic E-state index is 10.7. The van der Waals surface area contributed by atoms with Crippen LogP contribution < -0.4 is 4.74 Å². The van der Waals surface area contributed by atoms with E-state index in [1.807, 2.05) is 24.3 Å². The molecule has 0 radical (unpaired) electrons. The molecule has 1 N–H and O–H groups in total. The van der Waals surface area contributed by atoms with E-state index in [-0.39, 0.29) is 6.04 Å². The molecule has 2 aliphatic rings. The summed E-state index contributed by atoms with van der Waals surface area (Å²) in [6.07, 6.45) is 5.84. The molecule has 20 heavy (non-hydrogen) atoms. The maximum absolute atomic E-state index is 10.7.